The number of nitrogens with one attached hydrogen (secondary N) is 1. The van der Waals surface area contributed by atoms with E-state index < -0.39 is 0 Å². The Balaban J connectivity index is 1.55. The van der Waals surface area contributed by atoms with Crippen molar-refractivity contribution in [1.82, 2.24) is 14.8 Å². The number of aryl methyl sites for hydroxylation is 1. The van der Waals surface area contributed by atoms with E-state index in [0.29, 0.717) is 42.8 Å². The molecule has 2 saturated heterocycles. The van der Waals surface area contributed by atoms with Crippen molar-refractivity contribution < 1.29 is 14.0 Å². The number of benzene rings is 1. The van der Waals surface area contributed by atoms with E-state index in [2.05, 4.69) is 17.1 Å². The van der Waals surface area contributed by atoms with E-state index in [-0.39, 0.29) is 17.6 Å². The Morgan fingerprint density at radius 1 is 1.26 bits per heavy atom. The lowest BCUT2D eigenvalue weighted by Crippen LogP contribution is -2.37. The highest BCUT2D eigenvalue weighted by atomic mass is 19.1. The fourth-order valence-electron chi connectivity index (χ4n) is 5.10. The van der Waals surface area contributed by atoms with Crippen LogP contribution in [0.4, 0.5) is 10.1 Å². The normalized spacial score (nSPS) is 20.0. The second-order valence-corrected chi connectivity index (χ2v) is 8.91. The SMILES string of the molecule is CCn1c(C(=O)NCCCN2CCC[C@H](C)C2)c(N2CCCC2=O)c2cc(F)ccc21. The number of piperidine rings is 1. The highest BCUT2D eigenvalue weighted by molar-refractivity contribution is 6.14. The summed E-state index contributed by atoms with van der Waals surface area (Å²) in [4.78, 5) is 29.9. The van der Waals surface area contributed by atoms with Gasteiger partial charge in [0.2, 0.25) is 5.91 Å². The Labute approximate surface area is 183 Å². The van der Waals surface area contributed by atoms with Gasteiger partial charge in [0.15, 0.2) is 0 Å². The molecule has 2 aliphatic rings. The van der Waals surface area contributed by atoms with Gasteiger partial charge < -0.3 is 19.7 Å². The molecule has 6 nitrogen and oxygen atoms in total. The van der Waals surface area contributed by atoms with Gasteiger partial charge in [0.1, 0.15) is 11.5 Å². The number of anilines is 1. The Hall–Kier alpha value is -2.41. The van der Waals surface area contributed by atoms with Crippen LogP contribution in [0.25, 0.3) is 10.9 Å². The fourth-order valence-corrected chi connectivity index (χ4v) is 5.10. The predicted octanol–water partition coefficient (Wildman–Crippen LogP) is 3.78. The Bertz CT molecular complexity index is 970. The quantitative estimate of drug-likeness (QED) is 0.683. The van der Waals surface area contributed by atoms with Crippen LogP contribution in [0.1, 0.15) is 56.4 Å². The molecule has 168 valence electrons. The van der Waals surface area contributed by atoms with Gasteiger partial charge in [0.25, 0.3) is 5.91 Å². The molecule has 1 atom stereocenters. The summed E-state index contributed by atoms with van der Waals surface area (Å²) in [6.07, 6.45) is 4.64. The Kier molecular flexibility index (Phi) is 6.60. The molecular formula is C24H33FN4O2. The molecule has 2 amide bonds. The molecular weight excluding hydrogens is 395 g/mol. The molecule has 1 aromatic carbocycles. The third kappa shape index (κ3) is 4.47. The smallest absolute Gasteiger partial charge is 0.270 e. The van der Waals surface area contributed by atoms with Crippen molar-refractivity contribution in [3.05, 3.63) is 29.7 Å². The van der Waals surface area contributed by atoms with Gasteiger partial charge in [-0.15, -0.1) is 0 Å². The van der Waals surface area contributed by atoms with Crippen molar-refractivity contribution in [1.29, 1.82) is 0 Å². The zero-order chi connectivity index (χ0) is 22.0. The number of hydrogen-bond donors (Lipinski definition) is 1. The van der Waals surface area contributed by atoms with Crippen molar-refractivity contribution in [2.24, 2.45) is 5.92 Å². The molecule has 2 fully saturated rings. The number of amides is 2. The van der Waals surface area contributed by atoms with E-state index in [1.165, 1.54) is 25.0 Å². The molecule has 0 spiro atoms. The number of carbonyl (C=O) groups is 2. The second kappa shape index (κ2) is 9.39. The number of likely N-dealkylation sites (tertiary alicyclic amines) is 1. The number of nitrogens with zero attached hydrogens (tertiary/aromatic N) is 3. The van der Waals surface area contributed by atoms with Gasteiger partial charge in [-0.2, -0.15) is 0 Å². The van der Waals surface area contributed by atoms with Gasteiger partial charge in [0.05, 0.1) is 11.2 Å². The molecule has 0 radical (unpaired) electrons. The van der Waals surface area contributed by atoms with Gasteiger partial charge in [-0.25, -0.2) is 4.39 Å². The minimum atomic E-state index is -0.364. The van der Waals surface area contributed by atoms with E-state index in [0.717, 1.165) is 43.9 Å². The van der Waals surface area contributed by atoms with Crippen molar-refractivity contribution in [3.8, 4) is 0 Å². The number of halogens is 1. The predicted molar refractivity (Wildman–Crippen MR) is 121 cm³/mol. The first-order valence-corrected chi connectivity index (χ1v) is 11.6. The minimum absolute atomic E-state index is 0.00678. The molecule has 0 aliphatic carbocycles. The van der Waals surface area contributed by atoms with Gasteiger partial charge in [-0.3, -0.25) is 9.59 Å². The molecule has 2 aliphatic heterocycles. The summed E-state index contributed by atoms with van der Waals surface area (Å²) in [5.74, 6) is 0.175. The molecule has 1 aromatic heterocycles. The van der Waals surface area contributed by atoms with Gasteiger partial charge in [-0.1, -0.05) is 6.92 Å². The summed E-state index contributed by atoms with van der Waals surface area (Å²) in [6, 6.07) is 4.55. The first-order chi connectivity index (χ1) is 15.0. The van der Waals surface area contributed by atoms with Crippen LogP contribution in [0.15, 0.2) is 18.2 Å². The summed E-state index contributed by atoms with van der Waals surface area (Å²) < 4.78 is 16.0. The highest BCUT2D eigenvalue weighted by Crippen LogP contribution is 2.37. The third-order valence-corrected chi connectivity index (χ3v) is 6.55. The molecule has 2 aromatic rings. The van der Waals surface area contributed by atoms with E-state index in [1.54, 1.807) is 11.0 Å². The van der Waals surface area contributed by atoms with Crippen molar-refractivity contribution in [3.63, 3.8) is 0 Å². The first kappa shape index (κ1) is 21.8. The highest BCUT2D eigenvalue weighted by Gasteiger charge is 2.31. The molecule has 0 saturated carbocycles. The average molecular weight is 429 g/mol. The lowest BCUT2D eigenvalue weighted by atomic mass is 10.0. The van der Waals surface area contributed by atoms with Crippen LogP contribution in [-0.2, 0) is 11.3 Å². The Morgan fingerprint density at radius 2 is 2.10 bits per heavy atom. The summed E-state index contributed by atoms with van der Waals surface area (Å²) in [5, 5.41) is 3.69. The fraction of sp³-hybridized carbons (Fsp3) is 0.583. The molecule has 1 N–H and O–H groups in total. The molecule has 4 rings (SSSR count). The topological polar surface area (TPSA) is 57.6 Å². The lowest BCUT2D eigenvalue weighted by Gasteiger charge is -2.30. The zero-order valence-electron chi connectivity index (χ0n) is 18.6. The summed E-state index contributed by atoms with van der Waals surface area (Å²) in [6.45, 7) is 9.21. The number of hydrogen-bond acceptors (Lipinski definition) is 3. The van der Waals surface area contributed by atoms with Gasteiger partial charge in [-0.05, 0) is 69.8 Å². The monoisotopic (exact) mass is 428 g/mol. The molecule has 3 heterocycles. The van der Waals surface area contributed by atoms with Crippen LogP contribution in [0.3, 0.4) is 0 Å². The largest absolute Gasteiger partial charge is 0.351 e. The van der Waals surface area contributed by atoms with Gasteiger partial charge >= 0.3 is 0 Å². The van der Waals surface area contributed by atoms with Crippen LogP contribution in [-0.4, -0.2) is 54.0 Å². The maximum atomic E-state index is 14.1. The van der Waals surface area contributed by atoms with Crippen LogP contribution < -0.4 is 10.2 Å². The summed E-state index contributed by atoms with van der Waals surface area (Å²) in [7, 11) is 0. The number of carbonyl (C=O) groups excluding carboxylic acids is 2. The maximum Gasteiger partial charge on any atom is 0.270 e. The van der Waals surface area contributed by atoms with Crippen LogP contribution in [0, 0.1) is 11.7 Å². The standard InChI is InChI=1S/C24H33FN4O2/c1-3-28-20-10-9-18(25)15-19(20)22(29-14-5-8-21(29)30)23(28)24(31)26-11-6-13-27-12-4-7-17(2)16-27/h9-10,15,17H,3-8,11-14,16H2,1-2H3,(H,26,31)/t17-/m0/s1. The zero-order valence-corrected chi connectivity index (χ0v) is 18.6. The van der Waals surface area contributed by atoms with Crippen molar-refractivity contribution >= 4 is 28.4 Å². The number of aromatic nitrogens is 1. The number of fused-ring (bicyclic) bond motifs is 1. The average Bonchev–Trinajstić information content (AvgIpc) is 3.30. The van der Waals surface area contributed by atoms with Gasteiger partial charge in [0, 0.05) is 38.0 Å². The van der Waals surface area contributed by atoms with Crippen LogP contribution in [0.5, 0.6) is 0 Å². The minimum Gasteiger partial charge on any atom is -0.351 e. The molecule has 0 unspecified atom stereocenters. The van der Waals surface area contributed by atoms with E-state index >= 15 is 0 Å². The number of rotatable bonds is 7. The molecule has 7 heteroatoms. The van der Waals surface area contributed by atoms with E-state index in [4.69, 9.17) is 0 Å². The van der Waals surface area contributed by atoms with Crippen molar-refractivity contribution in [2.45, 2.75) is 52.5 Å². The lowest BCUT2D eigenvalue weighted by molar-refractivity contribution is -0.117. The summed E-state index contributed by atoms with van der Waals surface area (Å²) in [5.41, 5.74) is 1.80. The van der Waals surface area contributed by atoms with E-state index in [9.17, 15) is 14.0 Å². The first-order valence-electron chi connectivity index (χ1n) is 11.6. The second-order valence-electron chi connectivity index (χ2n) is 8.91. The van der Waals surface area contributed by atoms with Crippen molar-refractivity contribution in [2.75, 3.05) is 37.6 Å². The molecule has 31 heavy (non-hydrogen) atoms. The Morgan fingerprint density at radius 3 is 2.81 bits per heavy atom. The summed E-state index contributed by atoms with van der Waals surface area (Å²) >= 11 is 0. The molecule has 0 bridgehead atoms. The maximum absolute atomic E-state index is 14.1. The van der Waals surface area contributed by atoms with Crippen LogP contribution >= 0.6 is 0 Å². The van der Waals surface area contributed by atoms with E-state index in [1.807, 2.05) is 11.5 Å². The van der Waals surface area contributed by atoms with Crippen LogP contribution in [0.2, 0.25) is 0 Å². The third-order valence-electron chi connectivity index (χ3n) is 6.55.